The van der Waals surface area contributed by atoms with E-state index in [0.717, 1.165) is 34.2 Å². The van der Waals surface area contributed by atoms with Crippen LogP contribution in [0.5, 0.6) is 23.0 Å². The molecule has 3 atom stereocenters. The van der Waals surface area contributed by atoms with Crippen LogP contribution in [-0.4, -0.2) is 25.4 Å². The van der Waals surface area contributed by atoms with Crippen LogP contribution in [-0.2, 0) is 6.42 Å². The number of nitrogens with zero attached hydrogens (tertiary/aromatic N) is 1. The van der Waals surface area contributed by atoms with Crippen LogP contribution in [0.25, 0.3) is 4.85 Å². The van der Waals surface area contributed by atoms with Crippen molar-refractivity contribution >= 4 is 0 Å². The molecule has 0 aromatic heterocycles. The quantitative estimate of drug-likeness (QED) is 0.0715. The van der Waals surface area contributed by atoms with Gasteiger partial charge in [-0.1, -0.05) is 238 Å². The van der Waals surface area contributed by atoms with Crippen LogP contribution >= 0.6 is 0 Å². The second-order valence-electron chi connectivity index (χ2n) is 25.5. The highest BCUT2D eigenvalue weighted by atomic mass is 19.4. The second-order valence-corrected chi connectivity index (χ2v) is 25.5. The van der Waals surface area contributed by atoms with Crippen LogP contribution in [0, 0.1) is 53.7 Å². The van der Waals surface area contributed by atoms with Crippen molar-refractivity contribution < 1.29 is 80.4 Å². The zero-order valence-electron chi connectivity index (χ0n) is 62.2. The van der Waals surface area contributed by atoms with Crippen molar-refractivity contribution in [1.82, 2.24) is 0 Å². The van der Waals surface area contributed by atoms with Crippen molar-refractivity contribution in [2.24, 2.45) is 35.5 Å². The van der Waals surface area contributed by atoms with Gasteiger partial charge in [0.25, 0.3) is 6.04 Å². The fraction of sp³-hybridized carbons (Fsp3) is 0.537. The first kappa shape index (κ1) is 96.2. The van der Waals surface area contributed by atoms with Gasteiger partial charge in [-0.15, -0.1) is 52.7 Å². The molecule has 7 rings (SSSR count). The maximum Gasteiger partial charge on any atom is 0.573 e. The molecule has 6 aromatic carbocycles. The molecule has 1 saturated carbocycles. The normalized spacial score (nSPS) is 12.5. The van der Waals surface area contributed by atoms with Gasteiger partial charge < -0.3 is 23.8 Å². The minimum Gasteiger partial charge on any atom is -0.406 e. The van der Waals surface area contributed by atoms with E-state index in [2.05, 4.69) is 148 Å². The maximum atomic E-state index is 13.0. The Bertz CT molecular complexity index is 2870. The van der Waals surface area contributed by atoms with Crippen LogP contribution < -0.4 is 18.9 Å². The minimum atomic E-state index is -4.68. The Labute approximate surface area is 584 Å². The van der Waals surface area contributed by atoms with Crippen molar-refractivity contribution in [2.75, 3.05) is 0 Å². The van der Waals surface area contributed by atoms with Gasteiger partial charge >= 0.3 is 25.4 Å². The van der Waals surface area contributed by atoms with Crippen molar-refractivity contribution in [3.63, 3.8) is 0 Å². The summed E-state index contributed by atoms with van der Waals surface area (Å²) in [7, 11) is 0. The molecule has 19 heteroatoms. The molecule has 0 amide bonds. The highest BCUT2D eigenvalue weighted by Crippen LogP contribution is 2.47. The zero-order chi connectivity index (χ0) is 76.9. The molecule has 0 spiro atoms. The largest absolute Gasteiger partial charge is 0.573 e. The first-order valence-corrected chi connectivity index (χ1v) is 34.3. The lowest BCUT2D eigenvalue weighted by Crippen LogP contribution is -2.17. The summed E-state index contributed by atoms with van der Waals surface area (Å²) in [4.78, 5) is 3.45. The molecule has 0 bridgehead atoms. The molecule has 99 heavy (non-hydrogen) atoms. The Kier molecular flexibility index (Phi) is 49.8. The summed E-state index contributed by atoms with van der Waals surface area (Å²) in [6.45, 7) is 50.9. The number of halogens is 14. The highest BCUT2D eigenvalue weighted by molar-refractivity contribution is 5.35. The fourth-order valence-electron chi connectivity index (χ4n) is 8.98. The average molecular weight is 1420 g/mol. The number of ether oxygens (including phenoxy) is 4. The van der Waals surface area contributed by atoms with E-state index in [4.69, 9.17) is 6.57 Å². The third kappa shape index (κ3) is 48.5. The predicted octanol–water partition coefficient (Wildman–Crippen LogP) is 28.9. The standard InChI is InChI=1S/C16H16F2.C14H17F3O.C12H12F3NO.C12H15F3O.C11H13F3O.5C3H8/c1-11(2)16(12-3-7-14(17)8-4-12)13-5-9-15(18)10-6-13;1-9(2)13(10-3-4-10)11-5-7-12(8-6-11)18-14(15,16)17;1-8(2)11(16-3)9-4-6-10(7-5-9)17-12(13,14)15;1-8(2)9(3)10-4-6-11(7-5-10)16-12(13,14)15;1-8(2)7-9-3-5-10(6-4-9)15-11(12,13)14;5*1-3-2/h3-11,16H,1-2H3;5-10,13H,3-4H2,1-2H3;4-8,11H,1-2H3;4-9H,1-3H3;3-6,8H,7H2,1-2H3;5*3H2,1-2H3. The van der Waals surface area contributed by atoms with Crippen molar-refractivity contribution in [3.8, 4) is 23.0 Å². The second kappa shape index (κ2) is 51.2. The lowest BCUT2D eigenvalue weighted by atomic mass is 9.83. The summed E-state index contributed by atoms with van der Waals surface area (Å²) >= 11 is 0. The molecule has 0 radical (unpaired) electrons. The van der Waals surface area contributed by atoms with E-state index in [0.29, 0.717) is 47.0 Å². The van der Waals surface area contributed by atoms with Crippen molar-refractivity contribution in [1.29, 1.82) is 0 Å². The molecule has 5 nitrogen and oxygen atoms in total. The maximum absolute atomic E-state index is 13.0. The third-order valence-corrected chi connectivity index (χ3v) is 13.1. The van der Waals surface area contributed by atoms with Gasteiger partial charge in [0.05, 0.1) is 0 Å². The first-order valence-electron chi connectivity index (χ1n) is 34.3. The van der Waals surface area contributed by atoms with E-state index in [-0.39, 0.29) is 52.5 Å². The monoisotopic (exact) mass is 1420 g/mol. The van der Waals surface area contributed by atoms with Gasteiger partial charge in [0, 0.05) is 17.4 Å². The lowest BCUT2D eigenvalue weighted by molar-refractivity contribution is -0.275. The topological polar surface area (TPSA) is 41.3 Å². The number of rotatable bonds is 16. The summed E-state index contributed by atoms with van der Waals surface area (Å²) in [6.07, 6.45) is -8.97. The lowest BCUT2D eigenvalue weighted by Gasteiger charge is -2.22. The van der Waals surface area contributed by atoms with Gasteiger partial charge in [0.2, 0.25) is 0 Å². The van der Waals surface area contributed by atoms with E-state index in [9.17, 15) is 61.5 Å². The molecule has 0 heterocycles. The van der Waals surface area contributed by atoms with Gasteiger partial charge in [-0.3, -0.25) is 0 Å². The highest BCUT2D eigenvalue weighted by Gasteiger charge is 2.36. The molecule has 1 aliphatic carbocycles. The van der Waals surface area contributed by atoms with E-state index >= 15 is 0 Å². The van der Waals surface area contributed by atoms with Crippen LogP contribution in [0.4, 0.5) is 61.5 Å². The first-order chi connectivity index (χ1) is 46.0. The molecule has 0 aliphatic heterocycles. The Hall–Kier alpha value is -6.97. The number of benzene rings is 6. The molecule has 560 valence electrons. The van der Waals surface area contributed by atoms with E-state index in [1.165, 1.54) is 130 Å². The Balaban J connectivity index is -0.00000111. The van der Waals surface area contributed by atoms with Gasteiger partial charge in [-0.05, 0) is 173 Å². The van der Waals surface area contributed by atoms with Crippen LogP contribution in [0.3, 0.4) is 0 Å². The van der Waals surface area contributed by atoms with Crippen LogP contribution in [0.1, 0.15) is 248 Å². The summed E-state index contributed by atoms with van der Waals surface area (Å²) in [5, 5.41) is 0. The van der Waals surface area contributed by atoms with Gasteiger partial charge in [-0.2, -0.15) is 0 Å². The van der Waals surface area contributed by atoms with Crippen LogP contribution in [0.15, 0.2) is 146 Å². The van der Waals surface area contributed by atoms with E-state index in [1.807, 2.05) is 20.8 Å². The third-order valence-electron chi connectivity index (χ3n) is 13.1. The molecular weight excluding hydrogens is 1300 g/mol. The molecule has 0 saturated heterocycles. The molecule has 6 aromatic rings. The van der Waals surface area contributed by atoms with Gasteiger partial charge in [-0.25, -0.2) is 15.4 Å². The predicted molar refractivity (Wildman–Crippen MR) is 378 cm³/mol. The average Bonchev–Trinajstić information content (AvgIpc) is 1.75. The fourth-order valence-corrected chi connectivity index (χ4v) is 8.98. The minimum absolute atomic E-state index is 0.113. The molecule has 0 N–H and O–H groups in total. The van der Waals surface area contributed by atoms with Crippen LogP contribution in [0.2, 0.25) is 0 Å². The summed E-state index contributed by atoms with van der Waals surface area (Å²) in [6, 6.07) is 36.5. The summed E-state index contributed by atoms with van der Waals surface area (Å²) in [5.41, 5.74) is 5.95. The number of hydrogen-bond donors (Lipinski definition) is 0. The smallest absolute Gasteiger partial charge is 0.406 e. The van der Waals surface area contributed by atoms with Gasteiger partial charge in [0.1, 0.15) is 34.6 Å². The Morgan fingerprint density at radius 2 is 0.616 bits per heavy atom. The molecular formula is C80H113F14NO4. The molecule has 1 fully saturated rings. The summed E-state index contributed by atoms with van der Waals surface area (Å²) in [5.74, 6) is 2.31. The molecule has 1 aliphatic rings. The van der Waals surface area contributed by atoms with Gasteiger partial charge in [0.15, 0.2) is 0 Å². The Morgan fingerprint density at radius 1 is 0.354 bits per heavy atom. The Morgan fingerprint density at radius 3 is 0.838 bits per heavy atom. The number of hydrogen-bond acceptors (Lipinski definition) is 4. The molecule has 3 unspecified atom stereocenters. The van der Waals surface area contributed by atoms with E-state index < -0.39 is 25.4 Å². The zero-order valence-corrected chi connectivity index (χ0v) is 62.2. The van der Waals surface area contributed by atoms with Crippen molar-refractivity contribution in [3.05, 3.63) is 202 Å². The summed E-state index contributed by atoms with van der Waals surface area (Å²) < 4.78 is 184. The van der Waals surface area contributed by atoms with E-state index in [1.54, 1.807) is 60.7 Å². The number of alkyl halides is 12. The SMILES string of the molecule is CC(C)C(C)c1ccc(OC(F)(F)F)cc1.CC(C)C(c1ccc(F)cc1)c1ccc(F)cc1.CC(C)C(c1ccc(OC(F)(F)F)cc1)C1CC1.CC(C)Cc1ccc(OC(F)(F)F)cc1.CCC.CCC.CCC.CCC.CCC.[C-]#[N+]C(c1ccc(OC(F)(F)F)cc1)C(C)C. The van der Waals surface area contributed by atoms with Crippen molar-refractivity contribution in [2.45, 2.75) is 246 Å².